The lowest BCUT2D eigenvalue weighted by Crippen LogP contribution is -2.52. The normalized spacial score (nSPS) is 24.1. The largest absolute Gasteiger partial charge is 0.469 e. The van der Waals surface area contributed by atoms with Crippen LogP contribution in [0.15, 0.2) is 46.9 Å². The monoisotopic (exact) mass is 588 g/mol. The summed E-state index contributed by atoms with van der Waals surface area (Å²) < 4.78 is 18.2. The van der Waals surface area contributed by atoms with Crippen molar-refractivity contribution in [2.75, 3.05) is 12.4 Å². The van der Waals surface area contributed by atoms with Crippen LogP contribution in [-0.2, 0) is 26.2 Å². The third-order valence-corrected chi connectivity index (χ3v) is 8.43. The molecule has 6 rings (SSSR count). The van der Waals surface area contributed by atoms with E-state index in [1.165, 1.54) is 7.11 Å². The van der Waals surface area contributed by atoms with E-state index in [1.807, 2.05) is 70.2 Å². The van der Waals surface area contributed by atoms with Gasteiger partial charge in [0.15, 0.2) is 17.7 Å². The van der Waals surface area contributed by atoms with Crippen LogP contribution in [0.25, 0.3) is 0 Å². The maximum Gasteiger partial charge on any atom is 0.360 e. The predicted octanol–water partition coefficient (Wildman–Crippen LogP) is 3.20. The van der Waals surface area contributed by atoms with Crippen LogP contribution in [0.1, 0.15) is 79.0 Å². The smallest absolute Gasteiger partial charge is 0.360 e. The Hall–Kier alpha value is -4.38. The molecule has 4 N–H and O–H groups in total. The van der Waals surface area contributed by atoms with Crippen LogP contribution in [0.4, 0.5) is 5.69 Å². The number of fused-ring (bicyclic) bond motifs is 4. The molecule has 11 nitrogen and oxygen atoms in total. The molecule has 2 amide bonds. The van der Waals surface area contributed by atoms with Gasteiger partial charge in [-0.05, 0) is 41.5 Å². The molecule has 0 saturated carbocycles. The summed E-state index contributed by atoms with van der Waals surface area (Å²) in [6.45, 7) is 7.60. The number of rotatable bonds is 6. The Labute approximate surface area is 249 Å². The number of ether oxygens (including phenoxy) is 2. The number of para-hydroxylation sites is 1. The molecule has 226 valence electrons. The SMILES string of the molecule is COC(=O)c1nc2oc1C13c4ccccc4N[C@H]1Oc1ccc(cc13)C[C@H](NC(=O)[C@@H](O)CC(C)C)C(=O)N[C@H]2C(C)C. The van der Waals surface area contributed by atoms with Crippen molar-refractivity contribution in [2.24, 2.45) is 11.8 Å². The van der Waals surface area contributed by atoms with E-state index in [0.29, 0.717) is 5.75 Å². The molecule has 5 atom stereocenters. The Morgan fingerprint density at radius 1 is 1.14 bits per heavy atom. The van der Waals surface area contributed by atoms with Gasteiger partial charge in [0.1, 0.15) is 29.4 Å². The van der Waals surface area contributed by atoms with Crippen molar-refractivity contribution in [2.45, 2.75) is 70.4 Å². The van der Waals surface area contributed by atoms with E-state index in [4.69, 9.17) is 13.9 Å². The molecule has 3 aromatic rings. The predicted molar refractivity (Wildman–Crippen MR) is 155 cm³/mol. The van der Waals surface area contributed by atoms with Crippen molar-refractivity contribution in [3.63, 3.8) is 0 Å². The summed E-state index contributed by atoms with van der Waals surface area (Å²) in [6, 6.07) is 11.5. The number of esters is 1. The molecule has 3 aliphatic rings. The van der Waals surface area contributed by atoms with Crippen LogP contribution in [0, 0.1) is 11.8 Å². The van der Waals surface area contributed by atoms with Gasteiger partial charge in [0, 0.05) is 17.7 Å². The first-order valence-corrected chi connectivity index (χ1v) is 14.6. The lowest BCUT2D eigenvalue weighted by molar-refractivity contribution is -0.135. The highest BCUT2D eigenvalue weighted by atomic mass is 16.5. The molecule has 2 aromatic carbocycles. The number of amides is 2. The van der Waals surface area contributed by atoms with Crippen LogP contribution in [-0.4, -0.2) is 53.4 Å². The Bertz CT molecular complexity index is 1600. The van der Waals surface area contributed by atoms with Gasteiger partial charge in [-0.15, -0.1) is 0 Å². The second-order valence-electron chi connectivity index (χ2n) is 12.2. The molecule has 0 aliphatic carbocycles. The number of carbonyl (C=O) groups excluding carboxylic acids is 3. The standard InChI is InChI=1S/C32H36N4O7/c1-15(2)12-22(37)28(39)33-21-14-17-10-11-23-19(13-17)32(18-8-6-7-9-20(18)34-31(32)42-23)26-25(30(40)41-5)36-29(43-26)24(16(3)4)35-27(21)38/h6-11,13,15-16,21-22,24,31,34,37H,12,14H2,1-5H3,(H,33,39)(H,35,38)/t21-,22-,24-,31-,32?/m0/s1. The summed E-state index contributed by atoms with van der Waals surface area (Å²) in [6.07, 6.45) is -1.51. The number of carbonyl (C=O) groups is 3. The molecule has 1 unspecified atom stereocenters. The molecule has 4 bridgehead atoms. The first-order valence-electron chi connectivity index (χ1n) is 14.6. The van der Waals surface area contributed by atoms with E-state index in [-0.39, 0.29) is 42.0 Å². The number of anilines is 1. The topological polar surface area (TPSA) is 152 Å². The quantitative estimate of drug-likeness (QED) is 0.318. The van der Waals surface area contributed by atoms with Crippen molar-refractivity contribution in [3.8, 4) is 5.75 Å². The van der Waals surface area contributed by atoms with Gasteiger partial charge in [-0.2, -0.15) is 0 Å². The zero-order valence-corrected chi connectivity index (χ0v) is 24.8. The van der Waals surface area contributed by atoms with Gasteiger partial charge in [-0.1, -0.05) is 58.0 Å². The fourth-order valence-corrected chi connectivity index (χ4v) is 6.36. The number of nitrogens with one attached hydrogen (secondary N) is 3. The van der Waals surface area contributed by atoms with Gasteiger partial charge in [0.05, 0.1) is 7.11 Å². The van der Waals surface area contributed by atoms with E-state index in [2.05, 4.69) is 20.9 Å². The number of aliphatic hydroxyl groups excluding tert-OH is 1. The molecule has 43 heavy (non-hydrogen) atoms. The molecule has 3 aliphatic heterocycles. The third-order valence-electron chi connectivity index (χ3n) is 8.43. The van der Waals surface area contributed by atoms with Crippen molar-refractivity contribution >= 4 is 23.5 Å². The van der Waals surface area contributed by atoms with Gasteiger partial charge in [0.25, 0.3) is 0 Å². The molecule has 11 heteroatoms. The Kier molecular flexibility index (Phi) is 7.16. The number of oxazole rings is 1. The van der Waals surface area contributed by atoms with Gasteiger partial charge in [-0.25, -0.2) is 9.78 Å². The number of hydrogen-bond donors (Lipinski definition) is 4. The van der Waals surface area contributed by atoms with Crippen LogP contribution in [0.5, 0.6) is 5.75 Å². The summed E-state index contributed by atoms with van der Waals surface area (Å²) in [5.41, 5.74) is 2.02. The molecular formula is C32H36N4O7. The Morgan fingerprint density at radius 3 is 2.63 bits per heavy atom. The van der Waals surface area contributed by atoms with Crippen molar-refractivity contribution in [1.29, 1.82) is 0 Å². The average Bonchev–Trinajstić information content (AvgIpc) is 3.63. The second-order valence-corrected chi connectivity index (χ2v) is 12.2. The van der Waals surface area contributed by atoms with E-state index in [1.54, 1.807) is 0 Å². The lowest BCUT2D eigenvalue weighted by atomic mass is 9.72. The molecule has 0 saturated heterocycles. The summed E-state index contributed by atoms with van der Waals surface area (Å²) in [5, 5.41) is 19.7. The molecule has 1 aromatic heterocycles. The molecule has 1 spiro atoms. The highest BCUT2D eigenvalue weighted by Gasteiger charge is 2.61. The first-order chi connectivity index (χ1) is 20.5. The number of benzene rings is 2. The lowest BCUT2D eigenvalue weighted by Gasteiger charge is -2.29. The average molecular weight is 589 g/mol. The van der Waals surface area contributed by atoms with Crippen LogP contribution < -0.4 is 20.7 Å². The number of nitrogens with zero attached hydrogens (tertiary/aromatic N) is 1. The minimum atomic E-state index is -1.26. The van der Waals surface area contributed by atoms with Gasteiger partial charge in [0.2, 0.25) is 17.7 Å². The molecule has 0 fully saturated rings. The van der Waals surface area contributed by atoms with Crippen LogP contribution in [0.3, 0.4) is 0 Å². The fourth-order valence-electron chi connectivity index (χ4n) is 6.36. The third kappa shape index (κ3) is 4.62. The molecular weight excluding hydrogens is 552 g/mol. The van der Waals surface area contributed by atoms with Crippen LogP contribution >= 0.6 is 0 Å². The zero-order valence-electron chi connectivity index (χ0n) is 24.8. The van der Waals surface area contributed by atoms with E-state index in [0.717, 1.165) is 22.4 Å². The van der Waals surface area contributed by atoms with E-state index < -0.39 is 47.6 Å². The number of aromatic nitrogens is 1. The van der Waals surface area contributed by atoms with E-state index in [9.17, 15) is 19.5 Å². The summed E-state index contributed by atoms with van der Waals surface area (Å²) in [7, 11) is 1.28. The highest BCUT2D eigenvalue weighted by molar-refractivity contribution is 5.91. The first kappa shape index (κ1) is 28.7. The van der Waals surface area contributed by atoms with Gasteiger partial charge < -0.3 is 34.9 Å². The van der Waals surface area contributed by atoms with Gasteiger partial charge >= 0.3 is 5.97 Å². The molecule has 4 heterocycles. The fraction of sp³-hybridized carbons (Fsp3) is 0.438. The van der Waals surface area contributed by atoms with Crippen molar-refractivity contribution in [3.05, 3.63) is 76.5 Å². The van der Waals surface area contributed by atoms with E-state index >= 15 is 0 Å². The van der Waals surface area contributed by atoms with Crippen molar-refractivity contribution in [1.82, 2.24) is 15.6 Å². The number of hydrogen-bond acceptors (Lipinski definition) is 9. The summed E-state index contributed by atoms with van der Waals surface area (Å²) >= 11 is 0. The highest BCUT2D eigenvalue weighted by Crippen LogP contribution is 2.58. The Balaban J connectivity index is 1.56. The number of aliphatic hydroxyl groups is 1. The summed E-state index contributed by atoms with van der Waals surface area (Å²) in [5.74, 6) is -0.921. The minimum Gasteiger partial charge on any atom is -0.469 e. The van der Waals surface area contributed by atoms with Gasteiger partial charge in [-0.3, -0.25) is 9.59 Å². The maximum absolute atomic E-state index is 13.8. The second kappa shape index (κ2) is 10.7. The molecule has 0 radical (unpaired) electrons. The zero-order chi connectivity index (χ0) is 30.6. The summed E-state index contributed by atoms with van der Waals surface area (Å²) in [4.78, 5) is 44.7. The maximum atomic E-state index is 13.8. The van der Waals surface area contributed by atoms with Crippen molar-refractivity contribution < 1.29 is 33.4 Å². The minimum absolute atomic E-state index is 0.0105. The van der Waals surface area contributed by atoms with Crippen LogP contribution in [0.2, 0.25) is 0 Å². The number of methoxy groups -OCH3 is 1. The Morgan fingerprint density at radius 2 is 1.91 bits per heavy atom.